The van der Waals surface area contributed by atoms with E-state index in [1.165, 1.54) is 16.4 Å². The second-order valence-electron chi connectivity index (χ2n) is 4.67. The third kappa shape index (κ3) is 4.13. The van der Waals surface area contributed by atoms with E-state index in [-0.39, 0.29) is 21.8 Å². The highest BCUT2D eigenvalue weighted by Gasteiger charge is 2.21. The third-order valence-electron chi connectivity index (χ3n) is 3.17. The molecule has 0 aliphatic heterocycles. The van der Waals surface area contributed by atoms with Gasteiger partial charge in [-0.3, -0.25) is 4.79 Å². The molecule has 24 heavy (non-hydrogen) atoms. The second kappa shape index (κ2) is 7.77. The molecule has 10 heteroatoms. The van der Waals surface area contributed by atoms with E-state index in [0.29, 0.717) is 18.7 Å². The summed E-state index contributed by atoms with van der Waals surface area (Å²) in [6, 6.07) is 6.12. The van der Waals surface area contributed by atoms with Crippen LogP contribution in [0, 0.1) is 0 Å². The number of aliphatic carboxylic acids is 1. The van der Waals surface area contributed by atoms with Crippen molar-refractivity contribution in [2.24, 2.45) is 0 Å². The zero-order valence-electron chi connectivity index (χ0n) is 13.2. The fourth-order valence-corrected chi connectivity index (χ4v) is 3.93. The lowest BCUT2D eigenvalue weighted by atomic mass is 10.2. The van der Waals surface area contributed by atoms with Crippen LogP contribution in [-0.2, 0) is 14.8 Å². The Bertz CT molecular complexity index is 798. The van der Waals surface area contributed by atoms with Gasteiger partial charge in [-0.25, -0.2) is 8.42 Å². The number of rotatable bonds is 8. The smallest absolute Gasteiger partial charge is 0.314 e. The van der Waals surface area contributed by atoms with Gasteiger partial charge in [0, 0.05) is 18.7 Å². The number of hydrogen-bond acceptors (Lipinski definition) is 7. The lowest BCUT2D eigenvalue weighted by Gasteiger charge is -2.18. The molecule has 130 valence electrons. The maximum atomic E-state index is 12.4. The van der Waals surface area contributed by atoms with Crippen LogP contribution < -0.4 is 0 Å². The molecule has 1 aromatic heterocycles. The highest BCUT2D eigenvalue weighted by Crippen LogP contribution is 2.25. The lowest BCUT2D eigenvalue weighted by Crippen LogP contribution is -2.30. The number of sulfonamides is 1. The van der Waals surface area contributed by atoms with Crippen molar-refractivity contribution in [3.8, 4) is 11.5 Å². The average Bonchev–Trinajstić information content (AvgIpc) is 3.03. The molecule has 1 aromatic carbocycles. The van der Waals surface area contributed by atoms with Crippen molar-refractivity contribution < 1.29 is 22.7 Å². The Hall–Kier alpha value is -1.91. The molecule has 1 N–H and O–H groups in total. The van der Waals surface area contributed by atoms with Crippen LogP contribution >= 0.6 is 11.8 Å². The van der Waals surface area contributed by atoms with Crippen LogP contribution in [0.4, 0.5) is 0 Å². The quantitative estimate of drug-likeness (QED) is 0.700. The van der Waals surface area contributed by atoms with Crippen molar-refractivity contribution in [1.82, 2.24) is 14.5 Å². The van der Waals surface area contributed by atoms with Gasteiger partial charge in [0.15, 0.2) is 0 Å². The normalized spacial score (nSPS) is 11.8. The van der Waals surface area contributed by atoms with E-state index >= 15 is 0 Å². The number of benzene rings is 1. The predicted molar refractivity (Wildman–Crippen MR) is 88.2 cm³/mol. The van der Waals surface area contributed by atoms with E-state index in [0.717, 1.165) is 11.8 Å². The van der Waals surface area contributed by atoms with Crippen molar-refractivity contribution in [2.45, 2.75) is 24.0 Å². The number of hydrogen-bond donors (Lipinski definition) is 1. The van der Waals surface area contributed by atoms with Crippen LogP contribution in [-0.4, -0.2) is 52.8 Å². The Morgan fingerprint density at radius 1 is 1.21 bits per heavy atom. The Morgan fingerprint density at radius 3 is 2.38 bits per heavy atom. The van der Waals surface area contributed by atoms with Gasteiger partial charge in [0.05, 0.1) is 4.90 Å². The number of thioether (sulfide) groups is 1. The van der Waals surface area contributed by atoms with Crippen LogP contribution in [0.15, 0.2) is 38.8 Å². The van der Waals surface area contributed by atoms with E-state index in [1.54, 1.807) is 26.0 Å². The summed E-state index contributed by atoms with van der Waals surface area (Å²) in [5.74, 6) is -0.955. The number of nitrogens with zero attached hydrogens (tertiary/aromatic N) is 3. The van der Waals surface area contributed by atoms with Crippen molar-refractivity contribution in [3.63, 3.8) is 0 Å². The molecule has 1 heterocycles. The van der Waals surface area contributed by atoms with Crippen molar-refractivity contribution in [1.29, 1.82) is 0 Å². The minimum atomic E-state index is -3.52. The van der Waals surface area contributed by atoms with Gasteiger partial charge in [0.25, 0.3) is 5.22 Å². The SMILES string of the molecule is CCN(CC)S(=O)(=O)c1ccc(-c2nnc(SCC(=O)O)o2)cc1. The number of carbonyl (C=O) groups is 1. The van der Waals surface area contributed by atoms with Crippen molar-refractivity contribution in [3.05, 3.63) is 24.3 Å². The first-order chi connectivity index (χ1) is 11.4. The van der Waals surface area contributed by atoms with E-state index in [1.807, 2.05) is 0 Å². The maximum absolute atomic E-state index is 12.4. The molecule has 0 saturated heterocycles. The minimum absolute atomic E-state index is 0.146. The molecule has 0 bridgehead atoms. The van der Waals surface area contributed by atoms with E-state index in [9.17, 15) is 13.2 Å². The first-order valence-electron chi connectivity index (χ1n) is 7.17. The van der Waals surface area contributed by atoms with E-state index in [4.69, 9.17) is 9.52 Å². The molecule has 0 unspecified atom stereocenters. The molecule has 0 spiro atoms. The topological polar surface area (TPSA) is 114 Å². The minimum Gasteiger partial charge on any atom is -0.481 e. The first-order valence-corrected chi connectivity index (χ1v) is 9.59. The Morgan fingerprint density at radius 2 is 1.83 bits per heavy atom. The first kappa shape index (κ1) is 18.4. The molecule has 8 nitrogen and oxygen atoms in total. The molecule has 2 aromatic rings. The van der Waals surface area contributed by atoms with Crippen LogP contribution in [0.1, 0.15) is 13.8 Å². The van der Waals surface area contributed by atoms with Crippen LogP contribution in [0.3, 0.4) is 0 Å². The molecule has 0 saturated carbocycles. The van der Waals surface area contributed by atoms with Gasteiger partial charge >= 0.3 is 5.97 Å². The van der Waals surface area contributed by atoms with Gasteiger partial charge in [0.2, 0.25) is 15.9 Å². The van der Waals surface area contributed by atoms with Gasteiger partial charge < -0.3 is 9.52 Å². The zero-order chi connectivity index (χ0) is 17.7. The summed E-state index contributed by atoms with van der Waals surface area (Å²) in [6.07, 6.45) is 0. The summed E-state index contributed by atoms with van der Waals surface area (Å²) in [4.78, 5) is 10.7. The molecule has 0 aliphatic rings. The summed E-state index contributed by atoms with van der Waals surface area (Å²) < 4.78 is 31.5. The number of aromatic nitrogens is 2. The summed E-state index contributed by atoms with van der Waals surface area (Å²) in [6.45, 7) is 4.36. The van der Waals surface area contributed by atoms with Gasteiger partial charge in [-0.05, 0) is 24.3 Å². The molecule has 0 amide bonds. The number of carboxylic acid groups (broad SMARTS) is 1. The molecule has 0 aliphatic carbocycles. The second-order valence-corrected chi connectivity index (χ2v) is 7.53. The molecule has 2 rings (SSSR count). The summed E-state index contributed by atoms with van der Waals surface area (Å²) in [7, 11) is -3.52. The Labute approximate surface area is 143 Å². The number of carboxylic acids is 1. The van der Waals surface area contributed by atoms with Crippen molar-refractivity contribution in [2.75, 3.05) is 18.8 Å². The molecule has 0 fully saturated rings. The van der Waals surface area contributed by atoms with Gasteiger partial charge in [-0.15, -0.1) is 10.2 Å². The zero-order valence-corrected chi connectivity index (χ0v) is 14.8. The third-order valence-corrected chi connectivity index (χ3v) is 6.04. The van der Waals surface area contributed by atoms with Crippen LogP contribution in [0.2, 0.25) is 0 Å². The fraction of sp³-hybridized carbons (Fsp3) is 0.357. The average molecular weight is 371 g/mol. The maximum Gasteiger partial charge on any atom is 0.314 e. The molecule has 0 radical (unpaired) electrons. The highest BCUT2D eigenvalue weighted by atomic mass is 32.2. The Kier molecular flexibility index (Phi) is 5.97. The molecular weight excluding hydrogens is 354 g/mol. The van der Waals surface area contributed by atoms with Gasteiger partial charge in [0.1, 0.15) is 5.75 Å². The van der Waals surface area contributed by atoms with Crippen LogP contribution in [0.25, 0.3) is 11.5 Å². The van der Waals surface area contributed by atoms with E-state index < -0.39 is 16.0 Å². The lowest BCUT2D eigenvalue weighted by molar-refractivity contribution is -0.133. The van der Waals surface area contributed by atoms with Gasteiger partial charge in [-0.2, -0.15) is 4.31 Å². The van der Waals surface area contributed by atoms with E-state index in [2.05, 4.69) is 10.2 Å². The Balaban J connectivity index is 2.19. The summed E-state index contributed by atoms with van der Waals surface area (Å²) >= 11 is 0.919. The highest BCUT2D eigenvalue weighted by molar-refractivity contribution is 7.99. The summed E-state index contributed by atoms with van der Waals surface area (Å²) in [5.41, 5.74) is 0.558. The van der Waals surface area contributed by atoms with Crippen molar-refractivity contribution >= 4 is 27.8 Å². The molecule has 0 atom stereocenters. The monoisotopic (exact) mass is 371 g/mol. The van der Waals surface area contributed by atoms with Crippen LogP contribution in [0.5, 0.6) is 0 Å². The predicted octanol–water partition coefficient (Wildman–Crippen LogP) is 1.94. The standard InChI is InChI=1S/C14H17N3O5S2/c1-3-17(4-2)24(20,21)11-7-5-10(6-8-11)13-15-16-14(22-13)23-9-12(18)19/h5-8H,3-4,9H2,1-2H3,(H,18,19). The fourth-order valence-electron chi connectivity index (χ4n) is 1.99. The molecular formula is C14H17N3O5S2. The largest absolute Gasteiger partial charge is 0.481 e. The van der Waals surface area contributed by atoms with Gasteiger partial charge in [-0.1, -0.05) is 25.6 Å². The summed E-state index contributed by atoms with van der Waals surface area (Å²) in [5, 5.41) is 16.3.